The van der Waals surface area contributed by atoms with Crippen LogP contribution in [0.3, 0.4) is 0 Å². The standard InChI is InChI=1S/C30H35F3N10/c1-3-35-16-20-12-25(30(31,32)33)40-26(13-20)41(2)22-5-10-42(11-6-22)23-14-29(15-23,7-8-34)43-18-21(17-39-43)27-24-4-9-36-28(24)38-19-37-27/h4,9,12-13,17-19,22-23,35H,3,5-7,10-11,14-16H2,1-2H3,(H,36,37,38). The second-order valence-electron chi connectivity index (χ2n) is 11.6. The average Bonchev–Trinajstić information content (AvgIpc) is 3.67. The maximum atomic E-state index is 13.6. The first-order valence-corrected chi connectivity index (χ1v) is 14.7. The number of nitrogens with zero attached hydrogens (tertiary/aromatic N) is 8. The van der Waals surface area contributed by atoms with Crippen molar-refractivity contribution in [1.29, 1.82) is 5.26 Å². The Bertz CT molecular complexity index is 1610. The molecule has 0 radical (unpaired) electrons. The van der Waals surface area contributed by atoms with Gasteiger partial charge >= 0.3 is 6.18 Å². The second kappa shape index (κ2) is 11.6. The Morgan fingerprint density at radius 1 is 1.21 bits per heavy atom. The molecule has 0 unspecified atom stereocenters. The van der Waals surface area contributed by atoms with E-state index in [1.54, 1.807) is 12.3 Å². The number of hydrogen-bond donors (Lipinski definition) is 2. The summed E-state index contributed by atoms with van der Waals surface area (Å²) in [5.74, 6) is 0.355. The number of piperidine rings is 1. The number of pyridine rings is 1. The Kier molecular flexibility index (Phi) is 7.83. The lowest BCUT2D eigenvalue weighted by Gasteiger charge is -2.52. The van der Waals surface area contributed by atoms with E-state index in [1.165, 1.54) is 6.33 Å². The highest BCUT2D eigenvalue weighted by Crippen LogP contribution is 2.46. The fraction of sp³-hybridized carbons (Fsp3) is 0.500. The number of likely N-dealkylation sites (tertiary alicyclic amines) is 1. The molecule has 0 bridgehead atoms. The van der Waals surface area contributed by atoms with Crippen molar-refractivity contribution in [2.24, 2.45) is 0 Å². The highest BCUT2D eigenvalue weighted by molar-refractivity contribution is 5.90. The monoisotopic (exact) mass is 592 g/mol. The summed E-state index contributed by atoms with van der Waals surface area (Å²) in [7, 11) is 1.84. The number of rotatable bonds is 9. The van der Waals surface area contributed by atoms with Crippen molar-refractivity contribution < 1.29 is 13.2 Å². The van der Waals surface area contributed by atoms with Gasteiger partial charge in [0.05, 0.1) is 29.9 Å². The molecule has 5 heterocycles. The van der Waals surface area contributed by atoms with Crippen LogP contribution in [-0.4, -0.2) is 73.4 Å². The number of fused-ring (bicyclic) bond motifs is 1. The first-order valence-electron chi connectivity index (χ1n) is 14.7. The molecule has 4 aromatic heterocycles. The van der Waals surface area contributed by atoms with Gasteiger partial charge < -0.3 is 20.1 Å². The van der Waals surface area contributed by atoms with Crippen LogP contribution >= 0.6 is 0 Å². The minimum atomic E-state index is -4.50. The Morgan fingerprint density at radius 2 is 2.00 bits per heavy atom. The van der Waals surface area contributed by atoms with Crippen LogP contribution in [0.15, 0.2) is 43.1 Å². The maximum absolute atomic E-state index is 13.6. The molecule has 1 aliphatic heterocycles. The molecule has 0 aromatic carbocycles. The van der Waals surface area contributed by atoms with Crippen LogP contribution in [0.25, 0.3) is 22.3 Å². The summed E-state index contributed by atoms with van der Waals surface area (Å²) in [6, 6.07) is 7.61. The van der Waals surface area contributed by atoms with E-state index in [0.717, 1.165) is 67.1 Å². The molecule has 0 atom stereocenters. The number of H-pyrrole nitrogens is 1. The average molecular weight is 593 g/mol. The number of hydrogen-bond acceptors (Lipinski definition) is 8. The molecule has 43 heavy (non-hydrogen) atoms. The summed E-state index contributed by atoms with van der Waals surface area (Å²) in [6.07, 6.45) is 6.29. The molecular formula is C30H35F3N10. The molecule has 13 heteroatoms. The topological polar surface area (TPSA) is 115 Å². The molecule has 226 valence electrons. The van der Waals surface area contributed by atoms with Gasteiger partial charge in [-0.05, 0) is 56.0 Å². The third-order valence-corrected chi connectivity index (χ3v) is 9.00. The molecule has 10 nitrogen and oxygen atoms in total. The summed E-state index contributed by atoms with van der Waals surface area (Å²) >= 11 is 0. The van der Waals surface area contributed by atoms with E-state index in [-0.39, 0.29) is 11.6 Å². The third-order valence-electron chi connectivity index (χ3n) is 9.00. The summed E-state index contributed by atoms with van der Waals surface area (Å²) in [5, 5.41) is 18.4. The van der Waals surface area contributed by atoms with Crippen LogP contribution < -0.4 is 10.2 Å². The number of nitriles is 1. The van der Waals surface area contributed by atoms with E-state index in [1.807, 2.05) is 42.0 Å². The third kappa shape index (κ3) is 5.69. The van der Waals surface area contributed by atoms with Gasteiger partial charge in [0.2, 0.25) is 0 Å². The number of nitrogens with one attached hydrogen (secondary N) is 2. The van der Waals surface area contributed by atoms with Gasteiger partial charge in [-0.3, -0.25) is 4.68 Å². The van der Waals surface area contributed by atoms with Gasteiger partial charge in [0.25, 0.3) is 0 Å². The van der Waals surface area contributed by atoms with Gasteiger partial charge in [0.15, 0.2) is 0 Å². The van der Waals surface area contributed by atoms with Gasteiger partial charge in [0.1, 0.15) is 23.5 Å². The summed E-state index contributed by atoms with van der Waals surface area (Å²) < 4.78 is 42.7. The largest absolute Gasteiger partial charge is 0.433 e. The van der Waals surface area contributed by atoms with E-state index in [9.17, 15) is 18.4 Å². The normalized spacial score (nSPS) is 21.5. The molecule has 1 saturated carbocycles. The molecule has 0 amide bonds. The molecule has 1 saturated heterocycles. The zero-order valence-corrected chi connectivity index (χ0v) is 24.3. The van der Waals surface area contributed by atoms with Crippen molar-refractivity contribution >= 4 is 16.9 Å². The quantitative estimate of drug-likeness (QED) is 0.287. The van der Waals surface area contributed by atoms with E-state index >= 15 is 0 Å². The predicted molar refractivity (Wildman–Crippen MR) is 156 cm³/mol. The zero-order valence-electron chi connectivity index (χ0n) is 24.3. The summed E-state index contributed by atoms with van der Waals surface area (Å²) in [4.78, 5) is 20.2. The molecule has 2 aliphatic rings. The molecular weight excluding hydrogens is 557 g/mol. The zero-order chi connectivity index (χ0) is 30.2. The molecule has 0 spiro atoms. The number of aromatic nitrogens is 6. The Balaban J connectivity index is 1.11. The van der Waals surface area contributed by atoms with Crippen LogP contribution in [0.4, 0.5) is 19.0 Å². The molecule has 2 fully saturated rings. The van der Waals surface area contributed by atoms with E-state index in [0.29, 0.717) is 36.9 Å². The van der Waals surface area contributed by atoms with Crippen molar-refractivity contribution in [3.63, 3.8) is 0 Å². The first kappa shape index (κ1) is 29.1. The van der Waals surface area contributed by atoms with Crippen molar-refractivity contribution in [2.75, 3.05) is 31.6 Å². The van der Waals surface area contributed by atoms with E-state index in [4.69, 9.17) is 0 Å². The minimum absolute atomic E-state index is 0.0926. The van der Waals surface area contributed by atoms with Crippen molar-refractivity contribution in [3.05, 3.63) is 54.4 Å². The highest BCUT2D eigenvalue weighted by Gasteiger charge is 2.49. The van der Waals surface area contributed by atoms with Crippen molar-refractivity contribution in [1.82, 2.24) is 39.9 Å². The maximum Gasteiger partial charge on any atom is 0.433 e. The van der Waals surface area contributed by atoms with E-state index < -0.39 is 11.9 Å². The van der Waals surface area contributed by atoms with Gasteiger partial charge in [-0.1, -0.05) is 6.92 Å². The van der Waals surface area contributed by atoms with Gasteiger partial charge in [-0.2, -0.15) is 23.5 Å². The van der Waals surface area contributed by atoms with Crippen LogP contribution in [0, 0.1) is 11.3 Å². The van der Waals surface area contributed by atoms with Gasteiger partial charge in [0, 0.05) is 62.1 Å². The molecule has 1 aliphatic carbocycles. The lowest BCUT2D eigenvalue weighted by molar-refractivity contribution is -0.141. The van der Waals surface area contributed by atoms with Gasteiger partial charge in [-0.25, -0.2) is 15.0 Å². The second-order valence-corrected chi connectivity index (χ2v) is 11.6. The summed E-state index contributed by atoms with van der Waals surface area (Å²) in [5.41, 5.74) is 1.79. The number of alkyl halides is 3. The molecule has 4 aromatic rings. The first-order chi connectivity index (χ1) is 20.7. The van der Waals surface area contributed by atoms with Gasteiger partial charge in [-0.15, -0.1) is 0 Å². The Hall–Kier alpha value is -4.02. The Morgan fingerprint density at radius 3 is 2.72 bits per heavy atom. The van der Waals surface area contributed by atoms with Crippen molar-refractivity contribution in [3.8, 4) is 17.3 Å². The SMILES string of the molecule is CCNCc1cc(N(C)C2CCN(C3CC(CC#N)(n4cc(-c5ncnc6[nH]ccc56)cn4)C3)CC2)nc(C(F)(F)F)c1. The van der Waals surface area contributed by atoms with Crippen molar-refractivity contribution in [2.45, 2.75) is 69.4 Å². The molecule has 2 N–H and O–H groups in total. The minimum Gasteiger partial charge on any atom is -0.357 e. The van der Waals surface area contributed by atoms with Crippen LogP contribution in [-0.2, 0) is 18.3 Å². The fourth-order valence-electron chi connectivity index (χ4n) is 6.54. The molecule has 6 rings (SSSR count). The highest BCUT2D eigenvalue weighted by atomic mass is 19.4. The van der Waals surface area contributed by atoms with Crippen LogP contribution in [0.1, 0.15) is 50.3 Å². The fourth-order valence-corrected chi connectivity index (χ4v) is 6.54. The number of halogens is 3. The van der Waals surface area contributed by atoms with E-state index in [2.05, 4.69) is 41.3 Å². The number of anilines is 1. The Labute approximate surface area is 247 Å². The lowest BCUT2D eigenvalue weighted by atomic mass is 9.69. The van der Waals surface area contributed by atoms with Crippen LogP contribution in [0.5, 0.6) is 0 Å². The van der Waals surface area contributed by atoms with Crippen LogP contribution in [0.2, 0.25) is 0 Å². The lowest BCUT2D eigenvalue weighted by Crippen LogP contribution is -2.58. The number of aromatic amines is 1. The predicted octanol–water partition coefficient (Wildman–Crippen LogP) is 4.72. The smallest absolute Gasteiger partial charge is 0.357 e. The summed E-state index contributed by atoms with van der Waals surface area (Å²) in [6.45, 7) is 4.63.